The standard InChI is InChI=1S/C21H22O4S/c1-13-6-7-16(12-14(13)2)18-19(25-21(3,4)20(18)22)15-8-10-17(11-9-15)26(5,23)24/h6-12H,1-5H3. The summed E-state index contributed by atoms with van der Waals surface area (Å²) >= 11 is 0. The SMILES string of the molecule is Cc1ccc(C2=C(c3ccc(S(C)(=O)=O)cc3)OC(C)(C)C2=O)cc1C. The van der Waals surface area contributed by atoms with E-state index in [0.29, 0.717) is 16.9 Å². The third-order valence-electron chi connectivity index (χ3n) is 4.70. The van der Waals surface area contributed by atoms with Crippen molar-refractivity contribution in [2.45, 2.75) is 38.2 Å². The van der Waals surface area contributed by atoms with Crippen LogP contribution in [0.25, 0.3) is 11.3 Å². The predicted molar refractivity (Wildman–Crippen MR) is 102 cm³/mol. The predicted octanol–water partition coefficient (Wildman–Crippen LogP) is 3.95. The highest BCUT2D eigenvalue weighted by molar-refractivity contribution is 7.90. The summed E-state index contributed by atoms with van der Waals surface area (Å²) in [5.74, 6) is 0.409. The number of ether oxygens (including phenoxy) is 1. The average Bonchev–Trinajstić information content (AvgIpc) is 2.80. The summed E-state index contributed by atoms with van der Waals surface area (Å²) in [6, 6.07) is 12.3. The Morgan fingerprint density at radius 3 is 2.00 bits per heavy atom. The largest absolute Gasteiger partial charge is 0.478 e. The number of carbonyl (C=O) groups excluding carboxylic acids is 1. The zero-order valence-corrected chi connectivity index (χ0v) is 16.4. The Morgan fingerprint density at radius 2 is 1.46 bits per heavy atom. The highest BCUT2D eigenvalue weighted by atomic mass is 32.2. The number of rotatable bonds is 3. The van der Waals surface area contributed by atoms with Crippen molar-refractivity contribution in [1.29, 1.82) is 0 Å². The van der Waals surface area contributed by atoms with Crippen molar-refractivity contribution in [2.75, 3.05) is 6.26 Å². The molecule has 26 heavy (non-hydrogen) atoms. The molecule has 136 valence electrons. The number of aryl methyl sites for hydroxylation is 2. The minimum absolute atomic E-state index is 0.0806. The van der Waals surface area contributed by atoms with Crippen LogP contribution in [0.2, 0.25) is 0 Å². The Hall–Kier alpha value is -2.40. The molecule has 0 atom stereocenters. The van der Waals surface area contributed by atoms with Gasteiger partial charge in [-0.2, -0.15) is 0 Å². The molecule has 0 bridgehead atoms. The van der Waals surface area contributed by atoms with E-state index in [-0.39, 0.29) is 10.7 Å². The quantitative estimate of drug-likeness (QED) is 0.821. The highest BCUT2D eigenvalue weighted by Crippen LogP contribution is 2.41. The van der Waals surface area contributed by atoms with Crippen LogP contribution >= 0.6 is 0 Å². The molecule has 0 aliphatic carbocycles. The van der Waals surface area contributed by atoms with Crippen molar-refractivity contribution in [2.24, 2.45) is 0 Å². The molecule has 0 amide bonds. The molecule has 3 rings (SSSR count). The topological polar surface area (TPSA) is 60.4 Å². The second kappa shape index (κ2) is 6.09. The fourth-order valence-electron chi connectivity index (χ4n) is 2.97. The first-order valence-electron chi connectivity index (χ1n) is 8.37. The first kappa shape index (κ1) is 18.4. The fourth-order valence-corrected chi connectivity index (χ4v) is 3.60. The van der Waals surface area contributed by atoms with Gasteiger partial charge in [0.25, 0.3) is 0 Å². The molecule has 0 radical (unpaired) electrons. The minimum Gasteiger partial charge on any atom is -0.478 e. The Kier molecular flexibility index (Phi) is 4.31. The molecule has 1 heterocycles. The van der Waals surface area contributed by atoms with Gasteiger partial charge in [0.05, 0.1) is 10.5 Å². The average molecular weight is 370 g/mol. The zero-order chi connectivity index (χ0) is 19.3. The van der Waals surface area contributed by atoms with E-state index in [0.717, 1.165) is 16.7 Å². The van der Waals surface area contributed by atoms with Gasteiger partial charge >= 0.3 is 0 Å². The van der Waals surface area contributed by atoms with Crippen LogP contribution in [-0.4, -0.2) is 26.1 Å². The van der Waals surface area contributed by atoms with Gasteiger partial charge in [-0.3, -0.25) is 4.79 Å². The van der Waals surface area contributed by atoms with E-state index < -0.39 is 15.4 Å². The molecule has 2 aromatic carbocycles. The molecule has 0 fully saturated rings. The van der Waals surface area contributed by atoms with E-state index in [1.807, 2.05) is 32.0 Å². The van der Waals surface area contributed by atoms with Crippen LogP contribution in [0, 0.1) is 13.8 Å². The number of sulfone groups is 1. The minimum atomic E-state index is -3.28. The molecule has 0 saturated carbocycles. The third kappa shape index (κ3) is 3.19. The zero-order valence-electron chi connectivity index (χ0n) is 15.6. The molecular weight excluding hydrogens is 348 g/mol. The number of carbonyl (C=O) groups is 1. The monoisotopic (exact) mass is 370 g/mol. The lowest BCUT2D eigenvalue weighted by Crippen LogP contribution is -2.29. The van der Waals surface area contributed by atoms with Crippen molar-refractivity contribution in [3.63, 3.8) is 0 Å². The van der Waals surface area contributed by atoms with Gasteiger partial charge in [0.2, 0.25) is 5.78 Å². The van der Waals surface area contributed by atoms with Crippen LogP contribution in [0.4, 0.5) is 0 Å². The van der Waals surface area contributed by atoms with Crippen molar-refractivity contribution in [3.05, 3.63) is 64.7 Å². The molecule has 4 nitrogen and oxygen atoms in total. The van der Waals surface area contributed by atoms with Crippen molar-refractivity contribution in [3.8, 4) is 0 Å². The van der Waals surface area contributed by atoms with Crippen LogP contribution in [0.15, 0.2) is 47.4 Å². The van der Waals surface area contributed by atoms with Gasteiger partial charge in [0.15, 0.2) is 15.4 Å². The first-order valence-corrected chi connectivity index (χ1v) is 10.3. The van der Waals surface area contributed by atoms with Crippen LogP contribution in [0.5, 0.6) is 0 Å². The number of hydrogen-bond donors (Lipinski definition) is 0. The van der Waals surface area contributed by atoms with Crippen molar-refractivity contribution >= 4 is 27.0 Å². The molecule has 0 unspecified atom stereocenters. The Labute approximate surface area is 154 Å². The van der Waals surface area contributed by atoms with Gasteiger partial charge in [-0.05, 0) is 68.7 Å². The number of ketones is 1. The van der Waals surface area contributed by atoms with E-state index >= 15 is 0 Å². The molecule has 0 saturated heterocycles. The molecule has 1 aliphatic heterocycles. The van der Waals surface area contributed by atoms with Crippen LogP contribution in [0.3, 0.4) is 0 Å². The van der Waals surface area contributed by atoms with Gasteiger partial charge in [0.1, 0.15) is 5.76 Å². The summed E-state index contributed by atoms with van der Waals surface area (Å²) in [6.45, 7) is 7.52. The maximum Gasteiger partial charge on any atom is 0.210 e. The molecule has 0 N–H and O–H groups in total. The molecular formula is C21H22O4S. The molecule has 5 heteroatoms. The molecule has 2 aromatic rings. The van der Waals surface area contributed by atoms with Crippen LogP contribution in [0.1, 0.15) is 36.1 Å². The van der Waals surface area contributed by atoms with Gasteiger partial charge in [-0.1, -0.05) is 18.2 Å². The summed E-state index contributed by atoms with van der Waals surface area (Å²) < 4.78 is 29.3. The Bertz CT molecular complexity index is 1030. The van der Waals surface area contributed by atoms with Crippen LogP contribution in [-0.2, 0) is 19.4 Å². The lowest BCUT2D eigenvalue weighted by atomic mass is 9.91. The molecule has 0 aromatic heterocycles. The Morgan fingerprint density at radius 1 is 0.885 bits per heavy atom. The lowest BCUT2D eigenvalue weighted by Gasteiger charge is -2.18. The first-order chi connectivity index (χ1) is 12.0. The second-order valence-electron chi connectivity index (χ2n) is 7.24. The smallest absolute Gasteiger partial charge is 0.210 e. The summed E-state index contributed by atoms with van der Waals surface area (Å²) in [5, 5.41) is 0. The van der Waals surface area contributed by atoms with Gasteiger partial charge < -0.3 is 4.74 Å². The summed E-state index contributed by atoms with van der Waals surface area (Å²) in [7, 11) is -3.28. The van der Waals surface area contributed by atoms with Crippen molar-refractivity contribution in [1.82, 2.24) is 0 Å². The van der Waals surface area contributed by atoms with Crippen LogP contribution < -0.4 is 0 Å². The molecule has 0 spiro atoms. The van der Waals surface area contributed by atoms with E-state index in [9.17, 15) is 13.2 Å². The van der Waals surface area contributed by atoms with E-state index in [2.05, 4.69) is 0 Å². The van der Waals surface area contributed by atoms with E-state index in [1.54, 1.807) is 26.0 Å². The van der Waals surface area contributed by atoms with E-state index in [4.69, 9.17) is 4.74 Å². The van der Waals surface area contributed by atoms with Gasteiger partial charge in [-0.15, -0.1) is 0 Å². The summed E-state index contributed by atoms with van der Waals surface area (Å²) in [4.78, 5) is 13.2. The van der Waals surface area contributed by atoms with Gasteiger partial charge in [0, 0.05) is 11.8 Å². The van der Waals surface area contributed by atoms with E-state index in [1.165, 1.54) is 18.4 Å². The number of Topliss-reactive ketones (excluding diaryl/α,β-unsaturated/α-hetero) is 1. The normalized spacial score (nSPS) is 16.7. The third-order valence-corrected chi connectivity index (χ3v) is 5.83. The lowest BCUT2D eigenvalue weighted by molar-refractivity contribution is -0.125. The summed E-state index contributed by atoms with van der Waals surface area (Å²) in [6.07, 6.45) is 1.17. The maximum atomic E-state index is 13.0. The second-order valence-corrected chi connectivity index (χ2v) is 9.26. The Balaban J connectivity index is 2.18. The fraction of sp³-hybridized carbons (Fsp3) is 0.286. The van der Waals surface area contributed by atoms with Crippen molar-refractivity contribution < 1.29 is 17.9 Å². The number of hydrogen-bond acceptors (Lipinski definition) is 4. The summed E-state index contributed by atoms with van der Waals surface area (Å²) in [5.41, 5.74) is 3.32. The maximum absolute atomic E-state index is 13.0. The molecule has 1 aliphatic rings. The number of benzene rings is 2. The van der Waals surface area contributed by atoms with Gasteiger partial charge in [-0.25, -0.2) is 8.42 Å². The highest BCUT2D eigenvalue weighted by Gasteiger charge is 2.42.